The van der Waals surface area contributed by atoms with Crippen molar-refractivity contribution in [2.24, 2.45) is 18.7 Å². The van der Waals surface area contributed by atoms with Gasteiger partial charge in [0, 0.05) is 26.2 Å². The van der Waals surface area contributed by atoms with Crippen molar-refractivity contribution in [1.29, 1.82) is 0 Å². The third-order valence-corrected chi connectivity index (χ3v) is 3.15. The molecule has 0 amide bonds. The molecule has 0 saturated carbocycles. The highest BCUT2D eigenvalue weighted by Crippen LogP contribution is 2.22. The molecule has 1 unspecified atom stereocenters. The predicted molar refractivity (Wildman–Crippen MR) is 61.9 cm³/mol. The van der Waals surface area contributed by atoms with E-state index in [-0.39, 0.29) is 0 Å². The van der Waals surface area contributed by atoms with Crippen LogP contribution in [-0.2, 0) is 7.05 Å². The quantitative estimate of drug-likeness (QED) is 0.785. The van der Waals surface area contributed by atoms with Crippen molar-refractivity contribution >= 4 is 5.82 Å². The van der Waals surface area contributed by atoms with Crippen LogP contribution in [0.25, 0.3) is 0 Å². The van der Waals surface area contributed by atoms with Gasteiger partial charge in [-0.05, 0) is 32.2 Å². The largest absolute Gasteiger partial charge is 0.357 e. The lowest BCUT2D eigenvalue weighted by atomic mass is 9.98. The van der Waals surface area contributed by atoms with Crippen molar-refractivity contribution in [3.63, 3.8) is 0 Å². The molecule has 1 aliphatic heterocycles. The summed E-state index contributed by atoms with van der Waals surface area (Å²) in [6.45, 7) is 5.05. The van der Waals surface area contributed by atoms with Gasteiger partial charge in [-0.15, -0.1) is 0 Å². The number of nitrogens with two attached hydrogens (primary N) is 1. The number of aryl methyl sites for hydroxylation is 2. The molecule has 0 aliphatic carbocycles. The number of nitrogens with zero attached hydrogens (tertiary/aromatic N) is 3. The van der Waals surface area contributed by atoms with E-state index in [1.165, 1.54) is 18.7 Å². The first-order valence-corrected chi connectivity index (χ1v) is 5.66. The summed E-state index contributed by atoms with van der Waals surface area (Å²) in [5.41, 5.74) is 6.82. The SMILES string of the molecule is Cc1cc(N2CCCC(CN)C2)n(C)n1. The molecule has 0 bridgehead atoms. The van der Waals surface area contributed by atoms with E-state index < -0.39 is 0 Å². The standard InChI is InChI=1S/C11H20N4/c1-9-6-11(14(2)13-9)15-5-3-4-10(7-12)8-15/h6,10H,3-5,7-8,12H2,1-2H3. The maximum atomic E-state index is 5.74. The fraction of sp³-hybridized carbons (Fsp3) is 0.727. The Kier molecular flexibility index (Phi) is 2.95. The molecule has 0 radical (unpaired) electrons. The van der Waals surface area contributed by atoms with Crippen LogP contribution < -0.4 is 10.6 Å². The van der Waals surface area contributed by atoms with E-state index >= 15 is 0 Å². The zero-order valence-corrected chi connectivity index (χ0v) is 9.61. The lowest BCUT2D eigenvalue weighted by Crippen LogP contribution is -2.39. The number of aromatic nitrogens is 2. The average molecular weight is 208 g/mol. The third kappa shape index (κ3) is 2.15. The van der Waals surface area contributed by atoms with E-state index in [1.807, 2.05) is 18.7 Å². The van der Waals surface area contributed by atoms with Gasteiger partial charge in [-0.1, -0.05) is 0 Å². The van der Waals surface area contributed by atoms with Gasteiger partial charge in [0.05, 0.1) is 5.69 Å². The average Bonchev–Trinajstić information content (AvgIpc) is 2.58. The maximum Gasteiger partial charge on any atom is 0.126 e. The van der Waals surface area contributed by atoms with Gasteiger partial charge in [-0.3, -0.25) is 4.68 Å². The smallest absolute Gasteiger partial charge is 0.126 e. The molecular weight excluding hydrogens is 188 g/mol. The number of hydrogen-bond acceptors (Lipinski definition) is 3. The van der Waals surface area contributed by atoms with Crippen molar-refractivity contribution in [1.82, 2.24) is 9.78 Å². The molecule has 84 valence electrons. The van der Waals surface area contributed by atoms with Crippen LogP contribution in [0.1, 0.15) is 18.5 Å². The maximum absolute atomic E-state index is 5.74. The molecular formula is C11H20N4. The minimum atomic E-state index is 0.647. The normalized spacial score (nSPS) is 22.1. The Morgan fingerprint density at radius 1 is 1.60 bits per heavy atom. The van der Waals surface area contributed by atoms with Crippen LogP contribution in [0.15, 0.2) is 6.07 Å². The van der Waals surface area contributed by atoms with Crippen molar-refractivity contribution in [2.45, 2.75) is 19.8 Å². The highest BCUT2D eigenvalue weighted by molar-refractivity contribution is 5.41. The summed E-state index contributed by atoms with van der Waals surface area (Å²) in [7, 11) is 2.01. The molecule has 1 aromatic heterocycles. The van der Waals surface area contributed by atoms with Gasteiger partial charge in [-0.2, -0.15) is 5.10 Å². The molecule has 1 atom stereocenters. The predicted octanol–water partition coefficient (Wildman–Crippen LogP) is 0.904. The Morgan fingerprint density at radius 2 is 2.40 bits per heavy atom. The van der Waals surface area contributed by atoms with Gasteiger partial charge < -0.3 is 10.6 Å². The minimum Gasteiger partial charge on any atom is -0.357 e. The topological polar surface area (TPSA) is 47.1 Å². The highest BCUT2D eigenvalue weighted by Gasteiger charge is 2.20. The lowest BCUT2D eigenvalue weighted by Gasteiger charge is -2.33. The molecule has 2 N–H and O–H groups in total. The Balaban J connectivity index is 2.13. The number of hydrogen-bond donors (Lipinski definition) is 1. The molecule has 0 aromatic carbocycles. The summed E-state index contributed by atoms with van der Waals surface area (Å²) < 4.78 is 1.97. The van der Waals surface area contributed by atoms with Crippen molar-refractivity contribution in [3.8, 4) is 0 Å². The minimum absolute atomic E-state index is 0.647. The fourth-order valence-electron chi connectivity index (χ4n) is 2.36. The molecule has 2 heterocycles. The van der Waals surface area contributed by atoms with E-state index in [2.05, 4.69) is 16.1 Å². The van der Waals surface area contributed by atoms with Crippen LogP contribution in [-0.4, -0.2) is 29.4 Å². The second kappa shape index (κ2) is 4.23. The van der Waals surface area contributed by atoms with Crippen LogP contribution >= 0.6 is 0 Å². The summed E-state index contributed by atoms with van der Waals surface area (Å²) in [6, 6.07) is 2.15. The van der Waals surface area contributed by atoms with Crippen molar-refractivity contribution < 1.29 is 0 Å². The molecule has 1 fully saturated rings. The summed E-state index contributed by atoms with van der Waals surface area (Å²) in [4.78, 5) is 2.40. The van der Waals surface area contributed by atoms with Crippen LogP contribution in [0.2, 0.25) is 0 Å². The van der Waals surface area contributed by atoms with Gasteiger partial charge in [0.1, 0.15) is 5.82 Å². The Morgan fingerprint density at radius 3 is 3.00 bits per heavy atom. The van der Waals surface area contributed by atoms with E-state index in [0.717, 1.165) is 25.3 Å². The van der Waals surface area contributed by atoms with Crippen LogP contribution in [0, 0.1) is 12.8 Å². The first kappa shape index (κ1) is 10.5. The highest BCUT2D eigenvalue weighted by atomic mass is 15.4. The molecule has 4 nitrogen and oxygen atoms in total. The second-order valence-corrected chi connectivity index (χ2v) is 4.46. The Bertz CT molecular complexity index is 331. The first-order valence-electron chi connectivity index (χ1n) is 5.66. The fourth-order valence-corrected chi connectivity index (χ4v) is 2.36. The summed E-state index contributed by atoms with van der Waals surface area (Å²) in [5.74, 6) is 1.87. The summed E-state index contributed by atoms with van der Waals surface area (Å²) in [5, 5.41) is 4.38. The summed E-state index contributed by atoms with van der Waals surface area (Å²) in [6.07, 6.45) is 2.51. The number of piperidine rings is 1. The molecule has 2 rings (SSSR count). The van der Waals surface area contributed by atoms with Crippen LogP contribution in [0.3, 0.4) is 0 Å². The Hall–Kier alpha value is -1.03. The monoisotopic (exact) mass is 208 g/mol. The third-order valence-electron chi connectivity index (χ3n) is 3.15. The molecule has 1 aromatic rings. The summed E-state index contributed by atoms with van der Waals surface area (Å²) >= 11 is 0. The van der Waals surface area contributed by atoms with Crippen LogP contribution in [0.4, 0.5) is 5.82 Å². The second-order valence-electron chi connectivity index (χ2n) is 4.46. The number of anilines is 1. The lowest BCUT2D eigenvalue weighted by molar-refractivity contribution is 0.418. The van der Waals surface area contributed by atoms with Crippen molar-refractivity contribution in [2.75, 3.05) is 24.5 Å². The number of rotatable bonds is 2. The molecule has 4 heteroatoms. The zero-order chi connectivity index (χ0) is 10.8. The van der Waals surface area contributed by atoms with E-state index in [0.29, 0.717) is 5.92 Å². The van der Waals surface area contributed by atoms with E-state index in [1.54, 1.807) is 0 Å². The van der Waals surface area contributed by atoms with Crippen LogP contribution in [0.5, 0.6) is 0 Å². The van der Waals surface area contributed by atoms with E-state index in [9.17, 15) is 0 Å². The zero-order valence-electron chi connectivity index (χ0n) is 9.61. The van der Waals surface area contributed by atoms with Gasteiger partial charge in [-0.25, -0.2) is 0 Å². The van der Waals surface area contributed by atoms with Gasteiger partial charge in [0.25, 0.3) is 0 Å². The molecule has 1 saturated heterocycles. The molecule has 0 spiro atoms. The molecule has 1 aliphatic rings. The van der Waals surface area contributed by atoms with Gasteiger partial charge in [0.15, 0.2) is 0 Å². The van der Waals surface area contributed by atoms with Crippen molar-refractivity contribution in [3.05, 3.63) is 11.8 Å². The Labute approximate surface area is 91.1 Å². The molecule has 15 heavy (non-hydrogen) atoms. The first-order chi connectivity index (χ1) is 7.20. The van der Waals surface area contributed by atoms with Gasteiger partial charge in [0.2, 0.25) is 0 Å². The van der Waals surface area contributed by atoms with Gasteiger partial charge >= 0.3 is 0 Å². The van der Waals surface area contributed by atoms with E-state index in [4.69, 9.17) is 5.73 Å².